The molecule has 0 radical (unpaired) electrons. The van der Waals surface area contributed by atoms with Crippen molar-refractivity contribution in [3.05, 3.63) is 24.2 Å². The Kier molecular flexibility index (Phi) is 2.14. The van der Waals surface area contributed by atoms with Crippen molar-refractivity contribution in [2.45, 2.75) is 26.2 Å². The van der Waals surface area contributed by atoms with Gasteiger partial charge in [-0.05, 0) is 5.41 Å². The van der Waals surface area contributed by atoms with Gasteiger partial charge in [-0.15, -0.1) is 0 Å². The molecule has 4 nitrogen and oxygen atoms in total. The molecule has 0 fully saturated rings. The Hall–Kier alpha value is -1.58. The van der Waals surface area contributed by atoms with Gasteiger partial charge in [0.25, 0.3) is 0 Å². The fraction of sp³-hybridized carbons (Fsp3) is 0.455. The fourth-order valence-corrected chi connectivity index (χ4v) is 1.59. The maximum Gasteiger partial charge on any atom is 0.144 e. The van der Waals surface area contributed by atoms with Gasteiger partial charge in [-0.2, -0.15) is 5.10 Å². The van der Waals surface area contributed by atoms with Gasteiger partial charge in [0.1, 0.15) is 5.82 Å². The van der Waals surface area contributed by atoms with Crippen molar-refractivity contribution < 1.29 is 0 Å². The average molecular weight is 204 g/mol. The molecule has 0 bridgehead atoms. The number of hydrogen-bond donors (Lipinski definition) is 1. The van der Waals surface area contributed by atoms with E-state index in [-0.39, 0.29) is 5.41 Å². The third kappa shape index (κ3) is 1.67. The molecule has 0 aromatic carbocycles. The molecular formula is C11H16N4. The normalized spacial score (nSPS) is 12.0. The monoisotopic (exact) mass is 204 g/mol. The van der Waals surface area contributed by atoms with E-state index in [0.717, 1.165) is 11.3 Å². The largest absolute Gasteiger partial charge is 0.372 e. The summed E-state index contributed by atoms with van der Waals surface area (Å²) in [4.78, 5) is 4.30. The van der Waals surface area contributed by atoms with Crippen LogP contribution in [0.3, 0.4) is 0 Å². The van der Waals surface area contributed by atoms with E-state index in [9.17, 15) is 0 Å². The minimum Gasteiger partial charge on any atom is -0.372 e. The van der Waals surface area contributed by atoms with Gasteiger partial charge in [-0.3, -0.25) is 0 Å². The summed E-state index contributed by atoms with van der Waals surface area (Å²) in [7, 11) is 1.85. The topological polar surface area (TPSA) is 42.2 Å². The lowest BCUT2D eigenvalue weighted by Gasteiger charge is -2.16. The Balaban J connectivity index is 2.62. The highest BCUT2D eigenvalue weighted by Crippen LogP contribution is 2.26. The second-order valence-electron chi connectivity index (χ2n) is 4.66. The number of aromatic nitrogens is 3. The number of anilines is 1. The van der Waals surface area contributed by atoms with Crippen molar-refractivity contribution >= 4 is 11.3 Å². The van der Waals surface area contributed by atoms with Crippen LogP contribution in [-0.2, 0) is 5.41 Å². The Labute approximate surface area is 89.3 Å². The summed E-state index contributed by atoms with van der Waals surface area (Å²) in [6, 6.07) is 0. The van der Waals surface area contributed by atoms with Crippen molar-refractivity contribution in [1.82, 2.24) is 14.6 Å². The first-order valence-corrected chi connectivity index (χ1v) is 5.04. The predicted octanol–water partition coefficient (Wildman–Crippen LogP) is 2.07. The molecule has 80 valence electrons. The van der Waals surface area contributed by atoms with Crippen LogP contribution in [-0.4, -0.2) is 21.6 Å². The van der Waals surface area contributed by atoms with Crippen molar-refractivity contribution in [3.63, 3.8) is 0 Å². The van der Waals surface area contributed by atoms with Crippen molar-refractivity contribution in [3.8, 4) is 0 Å². The number of nitrogens with zero attached hydrogens (tertiary/aromatic N) is 3. The first-order chi connectivity index (χ1) is 7.02. The van der Waals surface area contributed by atoms with Crippen LogP contribution in [0.25, 0.3) is 5.52 Å². The predicted molar refractivity (Wildman–Crippen MR) is 61.2 cm³/mol. The van der Waals surface area contributed by atoms with Crippen LogP contribution in [0.2, 0.25) is 0 Å². The number of hydrogen-bond acceptors (Lipinski definition) is 3. The first-order valence-electron chi connectivity index (χ1n) is 5.04. The highest BCUT2D eigenvalue weighted by molar-refractivity contribution is 5.56. The molecule has 0 aliphatic rings. The van der Waals surface area contributed by atoms with Crippen LogP contribution in [0.4, 0.5) is 5.82 Å². The zero-order chi connectivity index (χ0) is 11.1. The van der Waals surface area contributed by atoms with Gasteiger partial charge < -0.3 is 5.32 Å². The van der Waals surface area contributed by atoms with E-state index < -0.39 is 0 Å². The molecule has 0 aliphatic heterocycles. The molecule has 0 spiro atoms. The number of nitrogens with one attached hydrogen (secondary N) is 1. The standard InChI is InChI=1S/C11H16N4/c1-11(2,3)8-5-14-15-7-10(12-4)13-6-9(8)15/h5-7,12H,1-4H3. The van der Waals surface area contributed by atoms with Gasteiger partial charge in [0, 0.05) is 12.6 Å². The van der Waals surface area contributed by atoms with Crippen LogP contribution in [0, 0.1) is 0 Å². The zero-order valence-electron chi connectivity index (χ0n) is 9.57. The molecule has 0 unspecified atom stereocenters. The van der Waals surface area contributed by atoms with E-state index in [1.165, 1.54) is 5.56 Å². The lowest BCUT2D eigenvalue weighted by atomic mass is 9.88. The molecule has 4 heteroatoms. The summed E-state index contributed by atoms with van der Waals surface area (Å²) in [5.41, 5.74) is 2.39. The Morgan fingerprint density at radius 3 is 2.60 bits per heavy atom. The van der Waals surface area contributed by atoms with Gasteiger partial charge in [0.15, 0.2) is 0 Å². The smallest absolute Gasteiger partial charge is 0.144 e. The molecule has 2 aromatic heterocycles. The van der Waals surface area contributed by atoms with Crippen molar-refractivity contribution in [2.24, 2.45) is 0 Å². The van der Waals surface area contributed by atoms with Crippen LogP contribution < -0.4 is 5.32 Å². The molecule has 0 aliphatic carbocycles. The zero-order valence-corrected chi connectivity index (χ0v) is 9.57. The average Bonchev–Trinajstić information content (AvgIpc) is 2.59. The summed E-state index contributed by atoms with van der Waals surface area (Å²) in [6.07, 6.45) is 5.67. The van der Waals surface area contributed by atoms with Crippen molar-refractivity contribution in [1.29, 1.82) is 0 Å². The van der Waals surface area contributed by atoms with E-state index in [0.29, 0.717) is 0 Å². The van der Waals surface area contributed by atoms with Gasteiger partial charge in [0.05, 0.1) is 24.1 Å². The molecule has 2 aromatic rings. The van der Waals surface area contributed by atoms with E-state index in [2.05, 4.69) is 36.2 Å². The van der Waals surface area contributed by atoms with Gasteiger partial charge in [0.2, 0.25) is 0 Å². The third-order valence-corrected chi connectivity index (χ3v) is 2.47. The SMILES string of the molecule is CNc1cn2ncc(C(C)(C)C)c2cn1. The van der Waals surface area contributed by atoms with E-state index in [4.69, 9.17) is 0 Å². The fourth-order valence-electron chi connectivity index (χ4n) is 1.59. The Morgan fingerprint density at radius 2 is 2.00 bits per heavy atom. The Bertz CT molecular complexity index is 479. The minimum atomic E-state index is 0.102. The molecule has 2 heterocycles. The first kappa shape index (κ1) is 9.96. The van der Waals surface area contributed by atoms with Crippen molar-refractivity contribution in [2.75, 3.05) is 12.4 Å². The van der Waals surface area contributed by atoms with Gasteiger partial charge in [-0.25, -0.2) is 9.50 Å². The van der Waals surface area contributed by atoms with Crippen LogP contribution in [0.15, 0.2) is 18.6 Å². The van der Waals surface area contributed by atoms with Gasteiger partial charge in [-0.1, -0.05) is 20.8 Å². The third-order valence-electron chi connectivity index (χ3n) is 2.47. The second kappa shape index (κ2) is 3.22. The summed E-state index contributed by atoms with van der Waals surface area (Å²) in [6.45, 7) is 6.53. The molecule has 0 saturated heterocycles. The lowest BCUT2D eigenvalue weighted by molar-refractivity contribution is 0.595. The van der Waals surface area contributed by atoms with E-state index >= 15 is 0 Å². The molecule has 0 saturated carbocycles. The molecule has 1 N–H and O–H groups in total. The van der Waals surface area contributed by atoms with Crippen LogP contribution in [0.5, 0.6) is 0 Å². The highest BCUT2D eigenvalue weighted by atomic mass is 15.2. The van der Waals surface area contributed by atoms with E-state index in [1.807, 2.05) is 30.2 Å². The van der Waals surface area contributed by atoms with Crippen LogP contribution >= 0.6 is 0 Å². The molecule has 0 atom stereocenters. The summed E-state index contributed by atoms with van der Waals surface area (Å²) < 4.78 is 1.86. The minimum absolute atomic E-state index is 0.102. The number of fused-ring (bicyclic) bond motifs is 1. The quantitative estimate of drug-likeness (QED) is 0.773. The molecule has 0 amide bonds. The summed E-state index contributed by atoms with van der Waals surface area (Å²) in [5, 5.41) is 7.33. The summed E-state index contributed by atoms with van der Waals surface area (Å²) in [5.74, 6) is 0.825. The molecular weight excluding hydrogens is 188 g/mol. The second-order valence-corrected chi connectivity index (χ2v) is 4.66. The summed E-state index contributed by atoms with van der Waals surface area (Å²) >= 11 is 0. The van der Waals surface area contributed by atoms with Crippen LogP contribution in [0.1, 0.15) is 26.3 Å². The molecule has 15 heavy (non-hydrogen) atoms. The van der Waals surface area contributed by atoms with Gasteiger partial charge >= 0.3 is 0 Å². The number of rotatable bonds is 1. The Morgan fingerprint density at radius 1 is 1.27 bits per heavy atom. The highest BCUT2D eigenvalue weighted by Gasteiger charge is 2.18. The maximum absolute atomic E-state index is 4.33. The lowest BCUT2D eigenvalue weighted by Crippen LogP contribution is -2.10. The molecule has 2 rings (SSSR count). The maximum atomic E-state index is 4.33. The van der Waals surface area contributed by atoms with E-state index in [1.54, 1.807) is 0 Å².